The van der Waals surface area contributed by atoms with Crippen molar-refractivity contribution in [3.8, 4) is 0 Å². The number of carbonyl (C=O) groups is 2. The van der Waals surface area contributed by atoms with E-state index >= 15 is 0 Å². The molecule has 2 saturated carbocycles. The highest BCUT2D eigenvalue weighted by Gasteiger charge is 2.35. The van der Waals surface area contributed by atoms with E-state index in [-0.39, 0.29) is 29.8 Å². The molecule has 4 rings (SSSR count). The number of halogens is 1. The number of rotatable bonds is 6. The molecule has 2 aromatic rings. The lowest BCUT2D eigenvalue weighted by molar-refractivity contribution is -0.141. The molecular weight excluding hydrogens is 434 g/mol. The van der Waals surface area contributed by atoms with E-state index in [1.807, 2.05) is 29.2 Å². The third-order valence-corrected chi connectivity index (χ3v) is 7.47. The zero-order chi connectivity index (χ0) is 23.2. The molecule has 6 heteroatoms. The van der Waals surface area contributed by atoms with Crippen LogP contribution in [0.15, 0.2) is 48.5 Å². The third kappa shape index (κ3) is 5.96. The summed E-state index contributed by atoms with van der Waals surface area (Å²) in [4.78, 5) is 28.3. The fourth-order valence-electron chi connectivity index (χ4n) is 5.22. The predicted octanol–water partition coefficient (Wildman–Crippen LogP) is 5.77. The molecule has 0 radical (unpaired) electrons. The zero-order valence-corrected chi connectivity index (χ0v) is 19.9. The second-order valence-corrected chi connectivity index (χ2v) is 9.85. The van der Waals surface area contributed by atoms with Crippen LogP contribution in [0.4, 0.5) is 5.69 Å². The summed E-state index contributed by atoms with van der Waals surface area (Å²) in [5.74, 6) is 0.118. The van der Waals surface area contributed by atoms with Crippen LogP contribution in [0.2, 0.25) is 5.02 Å². The highest BCUT2D eigenvalue weighted by molar-refractivity contribution is 6.31. The Kier molecular flexibility index (Phi) is 8.05. The Morgan fingerprint density at radius 3 is 2.36 bits per heavy atom. The van der Waals surface area contributed by atoms with E-state index in [4.69, 9.17) is 17.3 Å². The van der Waals surface area contributed by atoms with Gasteiger partial charge in [0.05, 0.1) is 0 Å². The van der Waals surface area contributed by atoms with Crippen molar-refractivity contribution < 1.29 is 9.59 Å². The quantitative estimate of drug-likeness (QED) is 0.566. The molecule has 2 aliphatic rings. The number of amides is 2. The molecule has 0 heterocycles. The lowest BCUT2D eigenvalue weighted by Gasteiger charge is -2.41. The number of nitrogens with two attached hydrogens (primary N) is 1. The first kappa shape index (κ1) is 23.8. The van der Waals surface area contributed by atoms with Gasteiger partial charge in [0.2, 0.25) is 5.91 Å². The lowest BCUT2D eigenvalue weighted by Crippen LogP contribution is -2.53. The molecule has 2 amide bonds. The number of hydrogen-bond donors (Lipinski definition) is 2. The van der Waals surface area contributed by atoms with Crippen molar-refractivity contribution in [2.75, 3.05) is 5.32 Å². The SMILES string of the molecule is NC1CCCCC1N(Cc1cc(NC(=O)c2ccccc2)ccc1Cl)C(=O)C1CCCCC1. The van der Waals surface area contributed by atoms with Gasteiger partial charge in [-0.15, -0.1) is 0 Å². The number of benzene rings is 2. The van der Waals surface area contributed by atoms with Crippen LogP contribution in [0.1, 0.15) is 73.7 Å². The minimum atomic E-state index is -0.173. The smallest absolute Gasteiger partial charge is 0.255 e. The van der Waals surface area contributed by atoms with E-state index in [9.17, 15) is 9.59 Å². The molecule has 0 aliphatic heterocycles. The van der Waals surface area contributed by atoms with E-state index in [2.05, 4.69) is 5.32 Å². The summed E-state index contributed by atoms with van der Waals surface area (Å²) in [5, 5.41) is 3.55. The molecule has 0 saturated heterocycles. The molecule has 0 bridgehead atoms. The van der Waals surface area contributed by atoms with Crippen LogP contribution in [0, 0.1) is 5.92 Å². The van der Waals surface area contributed by atoms with Gasteiger partial charge in [-0.1, -0.05) is 61.9 Å². The van der Waals surface area contributed by atoms with Gasteiger partial charge in [-0.2, -0.15) is 0 Å². The Morgan fingerprint density at radius 1 is 0.939 bits per heavy atom. The number of carbonyl (C=O) groups excluding carboxylic acids is 2. The predicted molar refractivity (Wildman–Crippen MR) is 133 cm³/mol. The maximum absolute atomic E-state index is 13.7. The summed E-state index contributed by atoms with van der Waals surface area (Å²) in [7, 11) is 0. The number of hydrogen-bond acceptors (Lipinski definition) is 3. The maximum atomic E-state index is 13.7. The number of nitrogens with one attached hydrogen (secondary N) is 1. The standard InChI is InChI=1S/C27H34ClN3O2/c28-23-16-15-22(30-26(32)19-9-3-1-4-10-19)17-21(23)18-31(25-14-8-7-13-24(25)29)27(33)20-11-5-2-6-12-20/h1,3-4,9-10,15-17,20,24-25H,2,5-8,11-14,18,29H2,(H,30,32). The third-order valence-electron chi connectivity index (χ3n) is 7.10. The molecular formula is C27H34ClN3O2. The minimum Gasteiger partial charge on any atom is -0.334 e. The van der Waals surface area contributed by atoms with Crippen molar-refractivity contribution >= 4 is 29.1 Å². The Bertz CT molecular complexity index is 959. The first-order valence-electron chi connectivity index (χ1n) is 12.2. The topological polar surface area (TPSA) is 75.4 Å². The van der Waals surface area contributed by atoms with Crippen LogP contribution in [0.3, 0.4) is 0 Å². The minimum absolute atomic E-state index is 0.00830. The fourth-order valence-corrected chi connectivity index (χ4v) is 5.40. The van der Waals surface area contributed by atoms with Crippen LogP contribution in [-0.4, -0.2) is 28.8 Å². The summed E-state index contributed by atoms with van der Waals surface area (Å²) in [6, 6.07) is 14.6. The van der Waals surface area contributed by atoms with Gasteiger partial charge in [0, 0.05) is 40.8 Å². The summed E-state index contributed by atoms with van der Waals surface area (Å²) < 4.78 is 0. The Labute approximate surface area is 201 Å². The second-order valence-electron chi connectivity index (χ2n) is 9.44. The Hall–Kier alpha value is -2.37. The van der Waals surface area contributed by atoms with Gasteiger partial charge in [-0.05, 0) is 61.6 Å². The molecule has 176 valence electrons. The maximum Gasteiger partial charge on any atom is 0.255 e. The summed E-state index contributed by atoms with van der Waals surface area (Å²) in [5.41, 5.74) is 8.61. The average Bonchev–Trinajstić information content (AvgIpc) is 2.85. The molecule has 2 fully saturated rings. The highest BCUT2D eigenvalue weighted by Crippen LogP contribution is 2.32. The number of nitrogens with zero attached hydrogens (tertiary/aromatic N) is 1. The molecule has 2 unspecified atom stereocenters. The highest BCUT2D eigenvalue weighted by atomic mass is 35.5. The van der Waals surface area contributed by atoms with Gasteiger partial charge in [-0.25, -0.2) is 0 Å². The van der Waals surface area contributed by atoms with Gasteiger partial charge in [0.1, 0.15) is 0 Å². The molecule has 2 aliphatic carbocycles. The van der Waals surface area contributed by atoms with E-state index in [1.54, 1.807) is 24.3 Å². The van der Waals surface area contributed by atoms with Crippen LogP contribution >= 0.6 is 11.6 Å². The van der Waals surface area contributed by atoms with E-state index < -0.39 is 0 Å². The fraction of sp³-hybridized carbons (Fsp3) is 0.481. The number of anilines is 1. The van der Waals surface area contributed by atoms with Crippen molar-refractivity contribution in [3.63, 3.8) is 0 Å². The van der Waals surface area contributed by atoms with Crippen LogP contribution in [0.25, 0.3) is 0 Å². The van der Waals surface area contributed by atoms with Gasteiger partial charge in [0.15, 0.2) is 0 Å². The summed E-state index contributed by atoms with van der Waals surface area (Å²) in [6.07, 6.45) is 9.43. The monoisotopic (exact) mass is 467 g/mol. The van der Waals surface area contributed by atoms with Crippen LogP contribution in [-0.2, 0) is 11.3 Å². The van der Waals surface area contributed by atoms with Crippen molar-refractivity contribution in [3.05, 3.63) is 64.7 Å². The van der Waals surface area contributed by atoms with E-state index in [1.165, 1.54) is 6.42 Å². The van der Waals surface area contributed by atoms with Gasteiger partial charge >= 0.3 is 0 Å². The molecule has 5 nitrogen and oxygen atoms in total. The molecule has 33 heavy (non-hydrogen) atoms. The second kappa shape index (κ2) is 11.2. The molecule has 0 spiro atoms. The van der Waals surface area contributed by atoms with E-state index in [0.29, 0.717) is 22.8 Å². The van der Waals surface area contributed by atoms with Crippen molar-refractivity contribution in [2.24, 2.45) is 11.7 Å². The van der Waals surface area contributed by atoms with Gasteiger partial charge in [0.25, 0.3) is 5.91 Å². The summed E-state index contributed by atoms with van der Waals surface area (Å²) in [6.45, 7) is 0.418. The first-order chi connectivity index (χ1) is 16.0. The van der Waals surface area contributed by atoms with Gasteiger partial charge in [-0.3, -0.25) is 9.59 Å². The molecule has 2 aromatic carbocycles. The van der Waals surface area contributed by atoms with E-state index in [0.717, 1.165) is 56.9 Å². The van der Waals surface area contributed by atoms with Crippen LogP contribution in [0.5, 0.6) is 0 Å². The Morgan fingerprint density at radius 2 is 1.64 bits per heavy atom. The zero-order valence-electron chi connectivity index (χ0n) is 19.1. The molecule has 0 aromatic heterocycles. The molecule has 3 N–H and O–H groups in total. The Balaban J connectivity index is 1.56. The van der Waals surface area contributed by atoms with Crippen molar-refractivity contribution in [1.29, 1.82) is 0 Å². The van der Waals surface area contributed by atoms with Gasteiger partial charge < -0.3 is 16.0 Å². The van der Waals surface area contributed by atoms with Crippen molar-refractivity contribution in [1.82, 2.24) is 4.90 Å². The van der Waals surface area contributed by atoms with Crippen LogP contribution < -0.4 is 11.1 Å². The average molecular weight is 468 g/mol. The molecule has 2 atom stereocenters. The normalized spacial score (nSPS) is 21.4. The summed E-state index contributed by atoms with van der Waals surface area (Å²) >= 11 is 6.58. The largest absolute Gasteiger partial charge is 0.334 e. The first-order valence-corrected chi connectivity index (χ1v) is 12.6. The lowest BCUT2D eigenvalue weighted by atomic mass is 9.85. The van der Waals surface area contributed by atoms with Crippen molar-refractivity contribution in [2.45, 2.75) is 76.4 Å².